The molecule has 1 aliphatic heterocycles. The van der Waals surface area contributed by atoms with Gasteiger partial charge in [0, 0.05) is 31.6 Å². The predicted octanol–water partition coefficient (Wildman–Crippen LogP) is 1.75. The highest BCUT2D eigenvalue weighted by atomic mass is 19.1. The SMILES string of the molecule is COC(=O)C(/C(=C/F)CC(O)c1ccc([N+](=O)[O-])cc1)N1CCOCC1. The molecule has 8 nitrogen and oxygen atoms in total. The van der Waals surface area contributed by atoms with Crippen LogP contribution in [-0.2, 0) is 14.3 Å². The van der Waals surface area contributed by atoms with Gasteiger partial charge in [0.05, 0.1) is 37.7 Å². The second kappa shape index (κ2) is 9.37. The standard InChI is InChI=1S/C17H21FN2O6/c1-25-17(22)16(19-6-8-26-9-7-19)13(11-18)10-15(21)12-2-4-14(5-3-12)20(23)24/h2-5,11,15-16,21H,6-10H2,1H3/b13-11+. The Hall–Kier alpha value is -2.36. The summed E-state index contributed by atoms with van der Waals surface area (Å²) in [6, 6.07) is 4.37. The molecule has 0 radical (unpaired) electrons. The van der Waals surface area contributed by atoms with E-state index in [1.54, 1.807) is 4.90 Å². The number of rotatable bonds is 7. The fourth-order valence-electron chi connectivity index (χ4n) is 2.86. The summed E-state index contributed by atoms with van der Waals surface area (Å²) in [5.41, 5.74) is 0.355. The molecular formula is C17H21FN2O6. The molecule has 0 spiro atoms. The van der Waals surface area contributed by atoms with E-state index >= 15 is 0 Å². The number of halogens is 1. The molecule has 1 aliphatic rings. The fraction of sp³-hybridized carbons (Fsp3) is 0.471. The van der Waals surface area contributed by atoms with Crippen molar-refractivity contribution in [3.8, 4) is 0 Å². The van der Waals surface area contributed by atoms with Gasteiger partial charge in [0.1, 0.15) is 6.04 Å². The van der Waals surface area contributed by atoms with Gasteiger partial charge in [-0.1, -0.05) is 0 Å². The minimum Gasteiger partial charge on any atom is -0.468 e. The summed E-state index contributed by atoms with van der Waals surface area (Å²) < 4.78 is 23.6. The molecule has 1 aromatic rings. The topological polar surface area (TPSA) is 102 Å². The molecule has 1 heterocycles. The summed E-state index contributed by atoms with van der Waals surface area (Å²) in [5, 5.41) is 21.1. The molecule has 1 N–H and O–H groups in total. The van der Waals surface area contributed by atoms with Crippen molar-refractivity contribution in [2.24, 2.45) is 0 Å². The number of methoxy groups -OCH3 is 1. The second-order valence-corrected chi connectivity index (χ2v) is 5.83. The number of hydrogen-bond acceptors (Lipinski definition) is 7. The Bertz CT molecular complexity index is 658. The third kappa shape index (κ3) is 4.84. The normalized spacial score (nSPS) is 18.2. The van der Waals surface area contributed by atoms with Gasteiger partial charge >= 0.3 is 5.97 Å². The molecule has 26 heavy (non-hydrogen) atoms. The van der Waals surface area contributed by atoms with Crippen molar-refractivity contribution < 1.29 is 28.7 Å². The lowest BCUT2D eigenvalue weighted by molar-refractivity contribution is -0.384. The number of aliphatic hydroxyl groups is 1. The van der Waals surface area contributed by atoms with Gasteiger partial charge in [-0.15, -0.1) is 0 Å². The van der Waals surface area contributed by atoms with Crippen LogP contribution < -0.4 is 0 Å². The van der Waals surface area contributed by atoms with E-state index in [9.17, 15) is 24.4 Å². The van der Waals surface area contributed by atoms with Crippen molar-refractivity contribution in [1.82, 2.24) is 4.90 Å². The van der Waals surface area contributed by atoms with Crippen LogP contribution in [0.5, 0.6) is 0 Å². The summed E-state index contributed by atoms with van der Waals surface area (Å²) in [4.78, 5) is 24.1. The number of esters is 1. The summed E-state index contributed by atoms with van der Waals surface area (Å²) in [6.45, 7) is 1.70. The van der Waals surface area contributed by atoms with E-state index in [0.29, 0.717) is 38.2 Å². The molecule has 0 bridgehead atoms. The Morgan fingerprint density at radius 2 is 2.04 bits per heavy atom. The van der Waals surface area contributed by atoms with Crippen LogP contribution in [0.25, 0.3) is 0 Å². The molecule has 0 aliphatic carbocycles. The van der Waals surface area contributed by atoms with Crippen molar-refractivity contribution in [2.45, 2.75) is 18.6 Å². The minimum absolute atomic E-state index is 0.0737. The summed E-state index contributed by atoms with van der Waals surface area (Å²) in [5.74, 6) is -0.619. The number of ether oxygens (including phenoxy) is 2. The highest BCUT2D eigenvalue weighted by Gasteiger charge is 2.33. The highest BCUT2D eigenvalue weighted by Crippen LogP contribution is 2.27. The van der Waals surface area contributed by atoms with E-state index in [1.165, 1.54) is 31.4 Å². The first-order chi connectivity index (χ1) is 12.5. The molecule has 1 fully saturated rings. The van der Waals surface area contributed by atoms with Gasteiger partial charge in [0.15, 0.2) is 0 Å². The van der Waals surface area contributed by atoms with E-state index in [4.69, 9.17) is 9.47 Å². The molecular weight excluding hydrogens is 347 g/mol. The third-order valence-corrected chi connectivity index (χ3v) is 4.24. The van der Waals surface area contributed by atoms with E-state index in [2.05, 4.69) is 0 Å². The Balaban J connectivity index is 2.16. The number of benzene rings is 1. The van der Waals surface area contributed by atoms with Crippen molar-refractivity contribution in [1.29, 1.82) is 0 Å². The van der Waals surface area contributed by atoms with Gasteiger partial charge in [0.2, 0.25) is 0 Å². The molecule has 1 saturated heterocycles. The average molecular weight is 368 g/mol. The van der Waals surface area contributed by atoms with Gasteiger partial charge in [-0.3, -0.25) is 15.0 Å². The van der Waals surface area contributed by atoms with Crippen molar-refractivity contribution >= 4 is 11.7 Å². The number of nitro benzene ring substituents is 1. The van der Waals surface area contributed by atoms with E-state index in [0.717, 1.165) is 0 Å². The first kappa shape index (κ1) is 20.0. The van der Waals surface area contributed by atoms with Gasteiger partial charge in [-0.25, -0.2) is 9.18 Å². The van der Waals surface area contributed by atoms with E-state index in [-0.39, 0.29) is 17.7 Å². The highest BCUT2D eigenvalue weighted by molar-refractivity contribution is 5.79. The number of carbonyl (C=O) groups is 1. The van der Waals surface area contributed by atoms with E-state index in [1.807, 2.05) is 0 Å². The number of nitrogens with zero attached hydrogens (tertiary/aromatic N) is 2. The quantitative estimate of drug-likeness (QED) is 0.444. The maximum atomic E-state index is 13.6. The van der Waals surface area contributed by atoms with Crippen LogP contribution >= 0.6 is 0 Å². The van der Waals surface area contributed by atoms with Crippen LogP contribution in [0.4, 0.5) is 10.1 Å². The Labute approximate surface area is 150 Å². The van der Waals surface area contributed by atoms with Crippen LogP contribution in [0.15, 0.2) is 36.2 Å². The molecule has 0 amide bonds. The van der Waals surface area contributed by atoms with Gasteiger partial charge in [-0.2, -0.15) is 0 Å². The maximum Gasteiger partial charge on any atom is 0.327 e. The summed E-state index contributed by atoms with van der Waals surface area (Å²) in [7, 11) is 1.22. The number of nitro groups is 1. The molecule has 0 aromatic heterocycles. The predicted molar refractivity (Wildman–Crippen MR) is 90.1 cm³/mol. The van der Waals surface area contributed by atoms with E-state index < -0.39 is 23.0 Å². The molecule has 142 valence electrons. The van der Waals surface area contributed by atoms with Crippen molar-refractivity contribution in [3.05, 3.63) is 51.8 Å². The van der Waals surface area contributed by atoms with Crippen LogP contribution in [0, 0.1) is 10.1 Å². The number of aliphatic hydroxyl groups excluding tert-OH is 1. The van der Waals surface area contributed by atoms with Crippen LogP contribution in [-0.4, -0.2) is 60.4 Å². The Morgan fingerprint density at radius 3 is 2.54 bits per heavy atom. The smallest absolute Gasteiger partial charge is 0.327 e. The molecule has 2 rings (SSSR count). The lowest BCUT2D eigenvalue weighted by Crippen LogP contribution is -2.49. The molecule has 2 atom stereocenters. The number of non-ortho nitro benzene ring substituents is 1. The Morgan fingerprint density at radius 1 is 1.42 bits per heavy atom. The second-order valence-electron chi connectivity index (χ2n) is 5.83. The van der Waals surface area contributed by atoms with Crippen molar-refractivity contribution in [3.63, 3.8) is 0 Å². The zero-order valence-corrected chi connectivity index (χ0v) is 14.3. The minimum atomic E-state index is -1.12. The molecule has 2 unspecified atom stereocenters. The lowest BCUT2D eigenvalue weighted by atomic mass is 9.96. The monoisotopic (exact) mass is 368 g/mol. The number of carbonyl (C=O) groups excluding carboxylic acids is 1. The average Bonchev–Trinajstić information content (AvgIpc) is 2.67. The Kier molecular flexibility index (Phi) is 7.19. The largest absolute Gasteiger partial charge is 0.468 e. The zero-order valence-electron chi connectivity index (χ0n) is 14.3. The van der Waals surface area contributed by atoms with Gasteiger partial charge < -0.3 is 14.6 Å². The van der Waals surface area contributed by atoms with Gasteiger partial charge in [0.25, 0.3) is 5.69 Å². The number of morpholine rings is 1. The first-order valence-corrected chi connectivity index (χ1v) is 8.09. The lowest BCUT2D eigenvalue weighted by Gasteiger charge is -2.34. The zero-order chi connectivity index (χ0) is 19.1. The molecule has 0 saturated carbocycles. The summed E-state index contributed by atoms with van der Waals surface area (Å²) >= 11 is 0. The number of hydrogen-bond donors (Lipinski definition) is 1. The van der Waals surface area contributed by atoms with Crippen LogP contribution in [0.1, 0.15) is 18.1 Å². The van der Waals surface area contributed by atoms with Crippen LogP contribution in [0.3, 0.4) is 0 Å². The fourth-order valence-corrected chi connectivity index (χ4v) is 2.86. The van der Waals surface area contributed by atoms with Crippen LogP contribution in [0.2, 0.25) is 0 Å². The third-order valence-electron chi connectivity index (χ3n) is 4.24. The molecule has 1 aromatic carbocycles. The van der Waals surface area contributed by atoms with Gasteiger partial charge in [-0.05, 0) is 23.3 Å². The molecule has 9 heteroatoms. The maximum absolute atomic E-state index is 13.6. The van der Waals surface area contributed by atoms with Crippen molar-refractivity contribution in [2.75, 3.05) is 33.4 Å². The summed E-state index contributed by atoms with van der Waals surface area (Å²) in [6.07, 6.45) is -0.956. The first-order valence-electron chi connectivity index (χ1n) is 8.09.